The zero-order valence-electron chi connectivity index (χ0n) is 12.1. The molecule has 0 bridgehead atoms. The lowest BCUT2D eigenvalue weighted by molar-refractivity contribution is 0.0945. The fraction of sp³-hybridized carbons (Fsp3) is 0.235. The van der Waals surface area contributed by atoms with Gasteiger partial charge in [-0.3, -0.25) is 4.79 Å². The molecule has 3 aromatic rings. The summed E-state index contributed by atoms with van der Waals surface area (Å²) in [5.41, 5.74) is 3.09. The molecular formula is C17H19N3O. The van der Waals surface area contributed by atoms with E-state index in [-0.39, 0.29) is 5.91 Å². The van der Waals surface area contributed by atoms with E-state index in [0.717, 1.165) is 24.2 Å². The monoisotopic (exact) mass is 281 g/mol. The molecule has 2 heterocycles. The topological polar surface area (TPSA) is 49.8 Å². The van der Waals surface area contributed by atoms with Gasteiger partial charge in [0.25, 0.3) is 5.91 Å². The number of rotatable bonds is 5. The van der Waals surface area contributed by atoms with Gasteiger partial charge in [0.1, 0.15) is 5.69 Å². The Bertz CT molecular complexity index is 754. The highest BCUT2D eigenvalue weighted by Gasteiger charge is 2.09. The molecule has 0 fully saturated rings. The van der Waals surface area contributed by atoms with Crippen LogP contribution >= 0.6 is 0 Å². The average molecular weight is 281 g/mol. The van der Waals surface area contributed by atoms with E-state index in [0.29, 0.717) is 6.54 Å². The summed E-state index contributed by atoms with van der Waals surface area (Å²) in [5, 5.41) is 4.21. The third-order valence-corrected chi connectivity index (χ3v) is 3.76. The number of aromatic amines is 1. The molecule has 0 aliphatic heterocycles. The van der Waals surface area contributed by atoms with Gasteiger partial charge in [0, 0.05) is 36.4 Å². The summed E-state index contributed by atoms with van der Waals surface area (Å²) in [5.74, 6) is -0.0123. The number of nitrogens with one attached hydrogen (secondary N) is 2. The summed E-state index contributed by atoms with van der Waals surface area (Å²) in [6.45, 7) is 3.47. The maximum Gasteiger partial charge on any atom is 0.267 e. The predicted molar refractivity (Wildman–Crippen MR) is 84.4 cm³/mol. The lowest BCUT2D eigenvalue weighted by Gasteiger charge is -2.07. The number of carbonyl (C=O) groups excluding carboxylic acids is 1. The molecule has 21 heavy (non-hydrogen) atoms. The number of aromatic nitrogens is 2. The molecule has 0 unspecified atom stereocenters. The molecule has 108 valence electrons. The zero-order valence-corrected chi connectivity index (χ0v) is 12.1. The van der Waals surface area contributed by atoms with Crippen LogP contribution in [0.1, 0.15) is 23.0 Å². The van der Waals surface area contributed by atoms with E-state index < -0.39 is 0 Å². The van der Waals surface area contributed by atoms with Gasteiger partial charge in [0.15, 0.2) is 0 Å². The fourth-order valence-corrected chi connectivity index (χ4v) is 2.64. The number of hydrogen-bond acceptors (Lipinski definition) is 1. The standard InChI is InChI=1S/C17H19N3O/c1-2-20-11-5-8-16(20)17(21)18-10-9-13-12-19-15-7-4-3-6-14(13)15/h3-8,11-12,19H,2,9-10H2,1H3,(H,18,21). The van der Waals surface area contributed by atoms with Crippen LogP contribution in [-0.2, 0) is 13.0 Å². The third kappa shape index (κ3) is 2.70. The Morgan fingerprint density at radius 1 is 1.24 bits per heavy atom. The van der Waals surface area contributed by atoms with Crippen LogP contribution in [0.5, 0.6) is 0 Å². The second kappa shape index (κ2) is 5.87. The summed E-state index contributed by atoms with van der Waals surface area (Å²) >= 11 is 0. The molecule has 0 radical (unpaired) electrons. The van der Waals surface area contributed by atoms with E-state index in [1.807, 2.05) is 48.1 Å². The number of H-pyrrole nitrogens is 1. The molecular weight excluding hydrogens is 262 g/mol. The van der Waals surface area contributed by atoms with Gasteiger partial charge in [0.2, 0.25) is 0 Å². The van der Waals surface area contributed by atoms with Gasteiger partial charge >= 0.3 is 0 Å². The van der Waals surface area contributed by atoms with Crippen molar-refractivity contribution in [3.63, 3.8) is 0 Å². The smallest absolute Gasteiger partial charge is 0.267 e. The minimum atomic E-state index is -0.0123. The molecule has 1 aromatic carbocycles. The number of para-hydroxylation sites is 1. The van der Waals surface area contributed by atoms with Gasteiger partial charge in [0.05, 0.1) is 0 Å². The Labute approximate surface area is 123 Å². The van der Waals surface area contributed by atoms with Gasteiger partial charge < -0.3 is 14.9 Å². The molecule has 0 aliphatic rings. The van der Waals surface area contributed by atoms with Gasteiger partial charge in [-0.15, -0.1) is 0 Å². The van der Waals surface area contributed by atoms with Crippen molar-refractivity contribution in [2.75, 3.05) is 6.54 Å². The van der Waals surface area contributed by atoms with Crippen molar-refractivity contribution in [1.29, 1.82) is 0 Å². The van der Waals surface area contributed by atoms with Crippen LogP contribution in [0, 0.1) is 0 Å². The molecule has 4 nitrogen and oxygen atoms in total. The number of amides is 1. The van der Waals surface area contributed by atoms with Gasteiger partial charge in [-0.2, -0.15) is 0 Å². The Morgan fingerprint density at radius 2 is 2.10 bits per heavy atom. The molecule has 0 saturated heterocycles. The van der Waals surface area contributed by atoms with Crippen molar-refractivity contribution < 1.29 is 4.79 Å². The first-order valence-corrected chi connectivity index (χ1v) is 7.28. The maximum absolute atomic E-state index is 12.1. The number of carbonyl (C=O) groups is 1. The molecule has 0 atom stereocenters. The lowest BCUT2D eigenvalue weighted by Crippen LogP contribution is -2.27. The van der Waals surface area contributed by atoms with Gasteiger partial charge in [-0.05, 0) is 37.1 Å². The van der Waals surface area contributed by atoms with Gasteiger partial charge in [-0.1, -0.05) is 18.2 Å². The number of fused-ring (bicyclic) bond motifs is 1. The van der Waals surface area contributed by atoms with Crippen molar-refractivity contribution in [2.24, 2.45) is 0 Å². The number of aryl methyl sites for hydroxylation is 1. The first kappa shape index (κ1) is 13.5. The molecule has 3 rings (SSSR count). The van der Waals surface area contributed by atoms with Crippen molar-refractivity contribution in [2.45, 2.75) is 19.9 Å². The highest BCUT2D eigenvalue weighted by Crippen LogP contribution is 2.17. The Hall–Kier alpha value is -2.49. The molecule has 4 heteroatoms. The van der Waals surface area contributed by atoms with E-state index in [2.05, 4.69) is 22.4 Å². The number of hydrogen-bond donors (Lipinski definition) is 2. The van der Waals surface area contributed by atoms with Crippen molar-refractivity contribution in [3.8, 4) is 0 Å². The molecule has 2 aromatic heterocycles. The van der Waals surface area contributed by atoms with E-state index in [1.165, 1.54) is 10.9 Å². The SMILES string of the molecule is CCn1cccc1C(=O)NCCc1c[nH]c2ccccc12. The summed E-state index contributed by atoms with van der Waals surface area (Å²) in [7, 11) is 0. The van der Waals surface area contributed by atoms with Crippen molar-refractivity contribution in [3.05, 3.63) is 60.0 Å². The van der Waals surface area contributed by atoms with Crippen molar-refractivity contribution in [1.82, 2.24) is 14.9 Å². The van der Waals surface area contributed by atoms with E-state index in [1.54, 1.807) is 0 Å². The fourth-order valence-electron chi connectivity index (χ4n) is 2.64. The quantitative estimate of drug-likeness (QED) is 0.742. The van der Waals surface area contributed by atoms with Crippen LogP contribution < -0.4 is 5.32 Å². The largest absolute Gasteiger partial charge is 0.361 e. The minimum Gasteiger partial charge on any atom is -0.361 e. The second-order valence-corrected chi connectivity index (χ2v) is 5.04. The maximum atomic E-state index is 12.1. The van der Waals surface area contributed by atoms with E-state index >= 15 is 0 Å². The Morgan fingerprint density at radius 3 is 2.95 bits per heavy atom. The number of benzene rings is 1. The minimum absolute atomic E-state index is 0.0123. The summed E-state index contributed by atoms with van der Waals surface area (Å²) in [6, 6.07) is 12.0. The average Bonchev–Trinajstić information content (AvgIpc) is 3.14. The highest BCUT2D eigenvalue weighted by atomic mass is 16.1. The highest BCUT2D eigenvalue weighted by molar-refractivity contribution is 5.92. The van der Waals surface area contributed by atoms with Crippen LogP contribution in [0.2, 0.25) is 0 Å². The van der Waals surface area contributed by atoms with Crippen molar-refractivity contribution >= 4 is 16.8 Å². The lowest BCUT2D eigenvalue weighted by atomic mass is 10.1. The zero-order chi connectivity index (χ0) is 14.7. The first-order chi connectivity index (χ1) is 10.3. The van der Waals surface area contributed by atoms with E-state index in [9.17, 15) is 4.79 Å². The molecule has 0 aliphatic carbocycles. The Kier molecular flexibility index (Phi) is 3.77. The second-order valence-electron chi connectivity index (χ2n) is 5.04. The molecule has 2 N–H and O–H groups in total. The first-order valence-electron chi connectivity index (χ1n) is 7.28. The van der Waals surface area contributed by atoms with Crippen LogP contribution in [0.4, 0.5) is 0 Å². The van der Waals surface area contributed by atoms with Crippen LogP contribution in [0.25, 0.3) is 10.9 Å². The molecule has 0 saturated carbocycles. The van der Waals surface area contributed by atoms with Crippen LogP contribution in [0.15, 0.2) is 48.8 Å². The van der Waals surface area contributed by atoms with Crippen LogP contribution in [-0.4, -0.2) is 22.0 Å². The number of nitrogens with zero attached hydrogens (tertiary/aromatic N) is 1. The Balaban J connectivity index is 1.62. The molecule has 0 spiro atoms. The van der Waals surface area contributed by atoms with Crippen LogP contribution in [0.3, 0.4) is 0 Å². The summed E-state index contributed by atoms with van der Waals surface area (Å²) in [6.07, 6.45) is 4.77. The van der Waals surface area contributed by atoms with Gasteiger partial charge in [-0.25, -0.2) is 0 Å². The normalized spacial score (nSPS) is 10.9. The summed E-state index contributed by atoms with van der Waals surface area (Å²) in [4.78, 5) is 15.4. The third-order valence-electron chi connectivity index (χ3n) is 3.76. The molecule has 1 amide bonds. The van der Waals surface area contributed by atoms with E-state index in [4.69, 9.17) is 0 Å². The summed E-state index contributed by atoms with van der Waals surface area (Å²) < 4.78 is 1.95. The predicted octanol–water partition coefficient (Wildman–Crippen LogP) is 2.96.